The zero-order valence-corrected chi connectivity index (χ0v) is 19.0. The molecule has 1 fully saturated rings. The van der Waals surface area contributed by atoms with E-state index in [-0.39, 0.29) is 6.10 Å². The predicted molar refractivity (Wildman–Crippen MR) is 120 cm³/mol. The first-order valence-electron chi connectivity index (χ1n) is 10.5. The third kappa shape index (κ3) is 8.14. The number of benzene rings is 1. The molecule has 10 nitrogen and oxygen atoms in total. The number of nitrogens with zero attached hydrogens (tertiary/aromatic N) is 4. The summed E-state index contributed by atoms with van der Waals surface area (Å²) in [6, 6.07) is 4.56. The second-order valence-electron chi connectivity index (χ2n) is 6.76. The monoisotopic (exact) mass is 453 g/mol. The highest BCUT2D eigenvalue weighted by atomic mass is 19.1. The van der Waals surface area contributed by atoms with Gasteiger partial charge in [-0.15, -0.1) is 0 Å². The van der Waals surface area contributed by atoms with Gasteiger partial charge in [-0.3, -0.25) is 14.5 Å². The number of halogens is 1. The number of rotatable bonds is 7. The maximum Gasteiger partial charge on any atom is 0.414 e. The van der Waals surface area contributed by atoms with Crippen molar-refractivity contribution in [1.29, 1.82) is 0 Å². The summed E-state index contributed by atoms with van der Waals surface area (Å²) in [7, 11) is 1.77. The minimum Gasteiger partial charge on any atom is -0.468 e. The second kappa shape index (κ2) is 14.7. The van der Waals surface area contributed by atoms with Crippen LogP contribution in [0, 0.1) is 5.82 Å². The highest BCUT2D eigenvalue weighted by Gasteiger charge is 2.32. The SMILES string of the molecule is CCC.CCOC=O.CNCC1CN(c2ccc(N3C=NN(C=O)CC3)c(F)c2)C(=O)O1. The third-order valence-corrected chi connectivity index (χ3v) is 4.12. The van der Waals surface area contributed by atoms with Crippen molar-refractivity contribution in [1.82, 2.24) is 10.3 Å². The van der Waals surface area contributed by atoms with Gasteiger partial charge in [-0.05, 0) is 32.2 Å². The van der Waals surface area contributed by atoms with Crippen molar-refractivity contribution in [2.24, 2.45) is 5.10 Å². The molecule has 0 saturated carbocycles. The minimum atomic E-state index is -0.483. The number of hydrogen-bond acceptors (Lipinski definition) is 8. The van der Waals surface area contributed by atoms with E-state index in [2.05, 4.69) is 29.0 Å². The van der Waals surface area contributed by atoms with Gasteiger partial charge >= 0.3 is 6.09 Å². The highest BCUT2D eigenvalue weighted by Crippen LogP contribution is 2.28. The van der Waals surface area contributed by atoms with Crippen LogP contribution < -0.4 is 15.1 Å². The van der Waals surface area contributed by atoms with Crippen molar-refractivity contribution in [3.8, 4) is 0 Å². The maximum absolute atomic E-state index is 14.5. The average Bonchev–Trinajstić information content (AvgIpc) is 3.16. The molecule has 32 heavy (non-hydrogen) atoms. The van der Waals surface area contributed by atoms with Gasteiger partial charge in [0.2, 0.25) is 6.41 Å². The molecule has 0 aliphatic carbocycles. The Morgan fingerprint density at radius 3 is 2.47 bits per heavy atom. The molecule has 2 heterocycles. The van der Waals surface area contributed by atoms with E-state index >= 15 is 0 Å². The number of carbonyl (C=O) groups excluding carboxylic acids is 3. The Morgan fingerprint density at radius 2 is 2.00 bits per heavy atom. The summed E-state index contributed by atoms with van der Waals surface area (Å²) < 4.78 is 23.8. The van der Waals surface area contributed by atoms with Crippen molar-refractivity contribution in [2.45, 2.75) is 33.3 Å². The van der Waals surface area contributed by atoms with E-state index in [1.54, 1.807) is 31.0 Å². The molecule has 2 aliphatic heterocycles. The first kappa shape index (κ1) is 26.8. The molecule has 1 aromatic carbocycles. The lowest BCUT2D eigenvalue weighted by Crippen LogP contribution is -2.37. The Morgan fingerprint density at radius 1 is 1.28 bits per heavy atom. The molecule has 0 spiro atoms. The Kier molecular flexibility index (Phi) is 12.4. The van der Waals surface area contributed by atoms with E-state index in [1.165, 1.54) is 28.7 Å². The zero-order chi connectivity index (χ0) is 23.9. The van der Waals surface area contributed by atoms with Crippen molar-refractivity contribution < 1.29 is 28.2 Å². The molecule has 1 saturated heterocycles. The third-order valence-electron chi connectivity index (χ3n) is 4.12. The molecular formula is C21H32FN5O5. The number of ether oxygens (including phenoxy) is 2. The van der Waals surface area contributed by atoms with Crippen LogP contribution in [0.5, 0.6) is 0 Å². The molecule has 2 amide bonds. The molecule has 178 valence electrons. The van der Waals surface area contributed by atoms with E-state index in [0.717, 1.165) is 0 Å². The lowest BCUT2D eigenvalue weighted by molar-refractivity contribution is -0.128. The largest absolute Gasteiger partial charge is 0.468 e. The number of hydrogen-bond donors (Lipinski definition) is 1. The first-order valence-corrected chi connectivity index (χ1v) is 10.5. The first-order chi connectivity index (χ1) is 15.4. The number of hydrazone groups is 1. The Balaban J connectivity index is 0.000000555. The van der Waals surface area contributed by atoms with Crippen LogP contribution in [0.3, 0.4) is 0 Å². The number of likely N-dealkylation sites (N-methyl/N-ethyl adjacent to an activating group) is 1. The van der Waals surface area contributed by atoms with Gasteiger partial charge < -0.3 is 19.7 Å². The summed E-state index contributed by atoms with van der Waals surface area (Å²) in [5, 5.41) is 8.08. The smallest absolute Gasteiger partial charge is 0.414 e. The van der Waals surface area contributed by atoms with Gasteiger partial charge in [0.15, 0.2) is 0 Å². The van der Waals surface area contributed by atoms with Gasteiger partial charge in [-0.2, -0.15) is 5.10 Å². The predicted octanol–water partition coefficient (Wildman–Crippen LogP) is 2.19. The highest BCUT2D eigenvalue weighted by molar-refractivity contribution is 5.90. The Bertz CT molecular complexity index is 764. The van der Waals surface area contributed by atoms with E-state index in [9.17, 15) is 18.8 Å². The van der Waals surface area contributed by atoms with Crippen molar-refractivity contribution in [2.75, 3.05) is 49.6 Å². The summed E-state index contributed by atoms with van der Waals surface area (Å²) in [6.45, 7) is 8.65. The number of amides is 2. The Labute approximate surface area is 187 Å². The molecule has 1 aromatic rings. The van der Waals surface area contributed by atoms with Crippen molar-refractivity contribution in [3.05, 3.63) is 24.0 Å². The lowest BCUT2D eigenvalue weighted by Gasteiger charge is -2.27. The fraction of sp³-hybridized carbons (Fsp3) is 0.524. The van der Waals surface area contributed by atoms with Crippen LogP contribution in [-0.4, -0.2) is 76.3 Å². The van der Waals surface area contributed by atoms with Crippen LogP contribution in [0.1, 0.15) is 27.2 Å². The molecule has 0 radical (unpaired) electrons. The molecule has 2 aliphatic rings. The maximum atomic E-state index is 14.5. The molecule has 11 heteroatoms. The molecular weight excluding hydrogens is 421 g/mol. The Hall–Kier alpha value is -3.21. The van der Waals surface area contributed by atoms with Crippen molar-refractivity contribution >= 4 is 36.7 Å². The van der Waals surface area contributed by atoms with Gasteiger partial charge in [0.1, 0.15) is 18.3 Å². The summed E-state index contributed by atoms with van der Waals surface area (Å²) in [6.07, 6.45) is 2.54. The summed E-state index contributed by atoms with van der Waals surface area (Å²) >= 11 is 0. The van der Waals surface area contributed by atoms with Crippen LogP contribution >= 0.6 is 0 Å². The van der Waals surface area contributed by atoms with E-state index < -0.39 is 11.9 Å². The summed E-state index contributed by atoms with van der Waals surface area (Å²) in [5.41, 5.74) is 0.788. The molecule has 0 bridgehead atoms. The van der Waals surface area contributed by atoms with Crippen LogP contribution in [0.25, 0.3) is 0 Å². The van der Waals surface area contributed by atoms with Gasteiger partial charge in [-0.25, -0.2) is 14.2 Å². The number of cyclic esters (lactones) is 1. The van der Waals surface area contributed by atoms with Gasteiger partial charge in [0.05, 0.1) is 31.1 Å². The van der Waals surface area contributed by atoms with Crippen LogP contribution in [-0.2, 0) is 19.1 Å². The summed E-state index contributed by atoms with van der Waals surface area (Å²) in [4.78, 5) is 34.8. The molecule has 3 rings (SSSR count). The second-order valence-corrected chi connectivity index (χ2v) is 6.76. The van der Waals surface area contributed by atoms with Crippen LogP contribution in [0.4, 0.5) is 20.6 Å². The summed E-state index contributed by atoms with van der Waals surface area (Å²) in [5.74, 6) is -0.469. The quantitative estimate of drug-likeness (QED) is 0.631. The van der Waals surface area contributed by atoms with E-state index in [1.807, 2.05) is 0 Å². The molecule has 1 atom stereocenters. The van der Waals surface area contributed by atoms with Crippen LogP contribution in [0.2, 0.25) is 0 Å². The minimum absolute atomic E-state index is 0.256. The molecule has 0 aromatic heterocycles. The van der Waals surface area contributed by atoms with Gasteiger partial charge in [-0.1, -0.05) is 20.3 Å². The average molecular weight is 454 g/mol. The normalized spacial score (nSPS) is 17.0. The lowest BCUT2D eigenvalue weighted by atomic mass is 10.2. The van der Waals surface area contributed by atoms with Crippen LogP contribution in [0.15, 0.2) is 23.3 Å². The topological polar surface area (TPSA) is 104 Å². The number of carbonyl (C=O) groups is 3. The zero-order valence-electron chi connectivity index (χ0n) is 19.0. The number of anilines is 2. The van der Waals surface area contributed by atoms with Gasteiger partial charge in [0, 0.05) is 13.1 Å². The van der Waals surface area contributed by atoms with Gasteiger partial charge in [0.25, 0.3) is 6.47 Å². The molecule has 1 N–H and O–H groups in total. The number of nitrogens with one attached hydrogen (secondary N) is 1. The van der Waals surface area contributed by atoms with E-state index in [4.69, 9.17) is 4.74 Å². The van der Waals surface area contributed by atoms with E-state index in [0.29, 0.717) is 57.0 Å². The molecule has 1 unspecified atom stereocenters. The van der Waals surface area contributed by atoms with Crippen molar-refractivity contribution in [3.63, 3.8) is 0 Å². The standard InChI is InChI=1S/C15H18FN5O3.C3H6O2.C3H8/c1-17-7-12-8-21(15(23)24-12)11-2-3-14(13(16)6-11)19-4-5-20(10-22)18-9-19;1-2-5-3-4;1-3-2/h2-3,6,9-10,12,17H,4-5,7-8H2,1H3;3H,2H2,1H3;3H2,1-2H3. The fourth-order valence-electron chi connectivity index (χ4n) is 2.75. The fourth-order valence-corrected chi connectivity index (χ4v) is 2.75.